The number of hydrogen-bond donors (Lipinski definition) is 2. The molecule has 0 spiro atoms. The molecule has 1 unspecified atom stereocenters. The summed E-state index contributed by atoms with van der Waals surface area (Å²) in [5.74, 6) is -1.16. The monoisotopic (exact) mass is 343 g/mol. The highest BCUT2D eigenvalue weighted by atomic mass is 32.1. The predicted molar refractivity (Wildman–Crippen MR) is 92.4 cm³/mol. The molecule has 1 amide bonds. The fourth-order valence-corrected chi connectivity index (χ4v) is 3.12. The molecule has 0 bridgehead atoms. The van der Waals surface area contributed by atoms with Crippen molar-refractivity contribution in [1.29, 1.82) is 0 Å². The molecule has 0 saturated heterocycles. The van der Waals surface area contributed by atoms with E-state index in [1.807, 2.05) is 31.4 Å². The molecule has 3 rings (SSSR count). The fraction of sp³-hybridized carbons (Fsp3) is 0.294. The number of aliphatic imine (C=N–C) groups is 1. The van der Waals surface area contributed by atoms with E-state index in [4.69, 9.17) is 0 Å². The molecule has 24 heavy (non-hydrogen) atoms. The van der Waals surface area contributed by atoms with Crippen molar-refractivity contribution in [3.8, 4) is 10.6 Å². The van der Waals surface area contributed by atoms with Crippen LogP contribution in [0.15, 0.2) is 34.6 Å². The van der Waals surface area contributed by atoms with Gasteiger partial charge < -0.3 is 10.4 Å². The van der Waals surface area contributed by atoms with Crippen LogP contribution in [0.4, 0.5) is 0 Å². The minimum Gasteiger partial charge on any atom is -0.478 e. The van der Waals surface area contributed by atoms with Gasteiger partial charge in [-0.05, 0) is 36.4 Å². The maximum absolute atomic E-state index is 12.3. The van der Waals surface area contributed by atoms with Gasteiger partial charge in [-0.2, -0.15) is 0 Å². The van der Waals surface area contributed by atoms with Crippen molar-refractivity contribution in [3.05, 3.63) is 40.9 Å². The maximum atomic E-state index is 12.3. The Kier molecular flexibility index (Phi) is 3.96. The van der Waals surface area contributed by atoms with Crippen LogP contribution in [0, 0.1) is 5.92 Å². The van der Waals surface area contributed by atoms with Crippen molar-refractivity contribution in [2.75, 3.05) is 0 Å². The molecule has 7 heteroatoms. The number of rotatable bonds is 4. The lowest BCUT2D eigenvalue weighted by Gasteiger charge is -2.21. The second kappa shape index (κ2) is 5.83. The SMILES string of the molecule is CC(C)C1(C)N=C(c2nc(-c3cccs3)ccc2C(=O)O)NC1=O. The van der Waals surface area contributed by atoms with Gasteiger partial charge in [-0.15, -0.1) is 11.3 Å². The third-order valence-corrected chi connectivity index (χ3v) is 5.18. The lowest BCUT2D eigenvalue weighted by atomic mass is 9.89. The number of nitrogens with zero attached hydrogens (tertiary/aromatic N) is 2. The zero-order valence-electron chi connectivity index (χ0n) is 13.5. The molecule has 124 valence electrons. The standard InChI is InChI=1S/C17H17N3O3S/c1-9(2)17(3)16(23)19-14(20-17)13-10(15(21)22)6-7-11(18-13)12-5-4-8-24-12/h4-9H,1-3H3,(H,21,22)(H,19,20,23). The first-order valence-corrected chi connectivity index (χ1v) is 8.41. The summed E-state index contributed by atoms with van der Waals surface area (Å²) in [6.07, 6.45) is 0. The average Bonchev–Trinajstić information content (AvgIpc) is 3.16. The van der Waals surface area contributed by atoms with E-state index in [0.29, 0.717) is 5.69 Å². The van der Waals surface area contributed by atoms with Crippen molar-refractivity contribution < 1.29 is 14.7 Å². The second-order valence-corrected chi connectivity index (χ2v) is 7.04. The van der Waals surface area contributed by atoms with E-state index in [2.05, 4.69) is 15.3 Å². The van der Waals surface area contributed by atoms with Crippen LogP contribution in [0.2, 0.25) is 0 Å². The van der Waals surface area contributed by atoms with Crippen molar-refractivity contribution in [1.82, 2.24) is 10.3 Å². The number of nitrogens with one attached hydrogen (secondary N) is 1. The smallest absolute Gasteiger partial charge is 0.338 e. The van der Waals surface area contributed by atoms with Gasteiger partial charge in [0.05, 0.1) is 16.1 Å². The van der Waals surface area contributed by atoms with Gasteiger partial charge >= 0.3 is 5.97 Å². The van der Waals surface area contributed by atoms with Crippen LogP contribution >= 0.6 is 11.3 Å². The Labute approximate surface area is 143 Å². The van der Waals surface area contributed by atoms with E-state index >= 15 is 0 Å². The van der Waals surface area contributed by atoms with E-state index in [1.54, 1.807) is 13.0 Å². The zero-order valence-corrected chi connectivity index (χ0v) is 14.3. The summed E-state index contributed by atoms with van der Waals surface area (Å²) in [6.45, 7) is 5.54. The molecule has 0 aliphatic carbocycles. The number of thiophene rings is 1. The lowest BCUT2D eigenvalue weighted by Crippen LogP contribution is -2.41. The van der Waals surface area contributed by atoms with Crippen LogP contribution in [0.3, 0.4) is 0 Å². The van der Waals surface area contributed by atoms with E-state index in [0.717, 1.165) is 4.88 Å². The molecule has 1 atom stereocenters. The Morgan fingerprint density at radius 3 is 2.62 bits per heavy atom. The predicted octanol–water partition coefficient (Wildman–Crippen LogP) is 2.80. The van der Waals surface area contributed by atoms with Crippen LogP contribution < -0.4 is 5.32 Å². The molecular formula is C17H17N3O3S. The van der Waals surface area contributed by atoms with Crippen LogP contribution in [-0.2, 0) is 4.79 Å². The van der Waals surface area contributed by atoms with E-state index < -0.39 is 11.5 Å². The largest absolute Gasteiger partial charge is 0.478 e. The Morgan fingerprint density at radius 2 is 2.08 bits per heavy atom. The van der Waals surface area contributed by atoms with Gasteiger partial charge in [0.1, 0.15) is 11.2 Å². The zero-order chi connectivity index (χ0) is 17.5. The molecular weight excluding hydrogens is 326 g/mol. The molecule has 1 aliphatic rings. The van der Waals surface area contributed by atoms with Gasteiger partial charge in [0.2, 0.25) is 0 Å². The first-order valence-electron chi connectivity index (χ1n) is 7.53. The fourth-order valence-electron chi connectivity index (χ4n) is 2.42. The third-order valence-electron chi connectivity index (χ3n) is 4.28. The quantitative estimate of drug-likeness (QED) is 0.893. The molecule has 0 saturated carbocycles. The minimum atomic E-state index is -1.11. The number of carbonyl (C=O) groups is 2. The lowest BCUT2D eigenvalue weighted by molar-refractivity contribution is -0.124. The van der Waals surface area contributed by atoms with Gasteiger partial charge in [-0.25, -0.2) is 14.8 Å². The topological polar surface area (TPSA) is 91.7 Å². The third kappa shape index (κ3) is 2.60. The van der Waals surface area contributed by atoms with Crippen molar-refractivity contribution in [2.45, 2.75) is 26.3 Å². The number of aromatic nitrogens is 1. The summed E-state index contributed by atoms with van der Waals surface area (Å²) in [7, 11) is 0. The average molecular weight is 343 g/mol. The number of carbonyl (C=O) groups excluding carboxylic acids is 1. The first kappa shape index (κ1) is 16.3. The second-order valence-electron chi connectivity index (χ2n) is 6.09. The molecule has 2 N–H and O–H groups in total. The Bertz CT molecular complexity index is 843. The van der Waals surface area contributed by atoms with E-state index in [1.165, 1.54) is 17.4 Å². The molecule has 3 heterocycles. The number of carboxylic acid groups (broad SMARTS) is 1. The van der Waals surface area contributed by atoms with Crippen LogP contribution in [0.1, 0.15) is 36.8 Å². The normalized spacial score (nSPS) is 20.2. The molecule has 0 aromatic carbocycles. The highest BCUT2D eigenvalue weighted by molar-refractivity contribution is 7.13. The van der Waals surface area contributed by atoms with Crippen molar-refractivity contribution in [3.63, 3.8) is 0 Å². The Balaban J connectivity index is 2.14. The van der Waals surface area contributed by atoms with Crippen molar-refractivity contribution in [2.24, 2.45) is 10.9 Å². The summed E-state index contributed by atoms with van der Waals surface area (Å²) in [5.41, 5.74) is -0.0697. The highest BCUT2D eigenvalue weighted by Crippen LogP contribution is 2.29. The number of amidine groups is 1. The number of hydrogen-bond acceptors (Lipinski definition) is 5. The van der Waals surface area contributed by atoms with Crippen molar-refractivity contribution >= 4 is 29.0 Å². The highest BCUT2D eigenvalue weighted by Gasteiger charge is 2.43. The first-order chi connectivity index (χ1) is 11.3. The van der Waals surface area contributed by atoms with Crippen LogP contribution in [0.25, 0.3) is 10.6 Å². The van der Waals surface area contributed by atoms with E-state index in [-0.39, 0.29) is 28.9 Å². The summed E-state index contributed by atoms with van der Waals surface area (Å²) in [4.78, 5) is 33.7. The van der Waals surface area contributed by atoms with Gasteiger partial charge in [0, 0.05) is 0 Å². The maximum Gasteiger partial charge on any atom is 0.338 e. The summed E-state index contributed by atoms with van der Waals surface area (Å²) in [6, 6.07) is 6.97. The van der Waals surface area contributed by atoms with E-state index in [9.17, 15) is 14.7 Å². The van der Waals surface area contributed by atoms with Gasteiger partial charge in [-0.1, -0.05) is 19.9 Å². The molecule has 2 aromatic rings. The summed E-state index contributed by atoms with van der Waals surface area (Å²) in [5, 5.41) is 14.1. The van der Waals surface area contributed by atoms with Gasteiger partial charge in [0.25, 0.3) is 5.91 Å². The van der Waals surface area contributed by atoms with Gasteiger partial charge in [0.15, 0.2) is 5.84 Å². The number of pyridine rings is 1. The molecule has 1 aliphatic heterocycles. The number of carboxylic acids is 1. The molecule has 0 fully saturated rings. The van der Waals surface area contributed by atoms with Crippen LogP contribution in [0.5, 0.6) is 0 Å². The Morgan fingerprint density at radius 1 is 1.33 bits per heavy atom. The Hall–Kier alpha value is -2.54. The summed E-state index contributed by atoms with van der Waals surface area (Å²) < 4.78 is 0. The van der Waals surface area contributed by atoms with Crippen LogP contribution in [-0.4, -0.2) is 33.3 Å². The molecule has 0 radical (unpaired) electrons. The minimum absolute atomic E-state index is 0.0161. The number of aromatic carboxylic acids is 1. The molecule has 6 nitrogen and oxygen atoms in total. The van der Waals surface area contributed by atoms with Gasteiger partial charge in [-0.3, -0.25) is 4.79 Å². The summed E-state index contributed by atoms with van der Waals surface area (Å²) >= 11 is 1.51. The molecule has 2 aromatic heterocycles. The number of amides is 1.